The standard InChI is InChI=1S/C18H21ClN6O3/c1-10-8-15(26)23-18(21-10)25-14(7-11(2)24-25)22-17(28)16(27)20-9-12-5-3-4-6-13(12)19/h3-7,10,18,21H,8-9H2,1-2H3,(H,20,27)(H,22,28)(H,23,26). The summed E-state index contributed by atoms with van der Waals surface area (Å²) in [7, 11) is 0. The zero-order chi connectivity index (χ0) is 20.3. The topological polar surface area (TPSA) is 117 Å². The minimum absolute atomic E-state index is 0.0503. The van der Waals surface area contributed by atoms with Crippen molar-refractivity contribution in [2.45, 2.75) is 39.1 Å². The van der Waals surface area contributed by atoms with Crippen molar-refractivity contribution >= 4 is 35.1 Å². The van der Waals surface area contributed by atoms with Gasteiger partial charge >= 0.3 is 11.8 Å². The van der Waals surface area contributed by atoms with Crippen LogP contribution in [0.25, 0.3) is 0 Å². The first-order chi connectivity index (χ1) is 13.3. The first-order valence-electron chi connectivity index (χ1n) is 8.77. The molecule has 0 aliphatic carbocycles. The minimum Gasteiger partial charge on any atom is -0.344 e. The molecule has 28 heavy (non-hydrogen) atoms. The lowest BCUT2D eigenvalue weighted by Gasteiger charge is -2.30. The van der Waals surface area contributed by atoms with Gasteiger partial charge in [0.05, 0.1) is 5.69 Å². The van der Waals surface area contributed by atoms with E-state index in [9.17, 15) is 14.4 Å². The number of hydrogen-bond donors (Lipinski definition) is 4. The summed E-state index contributed by atoms with van der Waals surface area (Å²) in [5.41, 5.74) is 1.33. The molecule has 2 unspecified atom stereocenters. The van der Waals surface area contributed by atoms with Crippen LogP contribution in [0, 0.1) is 6.92 Å². The van der Waals surface area contributed by atoms with E-state index < -0.39 is 18.1 Å². The molecule has 1 aromatic heterocycles. The van der Waals surface area contributed by atoms with E-state index in [1.807, 2.05) is 6.92 Å². The second-order valence-corrected chi connectivity index (χ2v) is 6.99. The molecule has 4 N–H and O–H groups in total. The Kier molecular flexibility index (Phi) is 5.96. The van der Waals surface area contributed by atoms with Gasteiger partial charge in [0.15, 0.2) is 6.29 Å². The predicted octanol–water partition coefficient (Wildman–Crippen LogP) is 1.05. The summed E-state index contributed by atoms with van der Waals surface area (Å²) in [5, 5.41) is 15.8. The molecule has 0 saturated carbocycles. The minimum atomic E-state index is -0.844. The fourth-order valence-electron chi connectivity index (χ4n) is 2.87. The molecule has 9 nitrogen and oxygen atoms in total. The van der Waals surface area contributed by atoms with Gasteiger partial charge in [0.1, 0.15) is 5.82 Å². The molecule has 10 heteroatoms. The van der Waals surface area contributed by atoms with Crippen LogP contribution in [0.2, 0.25) is 5.02 Å². The van der Waals surface area contributed by atoms with E-state index in [0.29, 0.717) is 28.5 Å². The second kappa shape index (κ2) is 8.41. The van der Waals surface area contributed by atoms with Crippen LogP contribution in [0.3, 0.4) is 0 Å². The third-order valence-corrected chi connectivity index (χ3v) is 4.55. The molecule has 2 aromatic rings. The average Bonchev–Trinajstić information content (AvgIpc) is 3.00. The third-order valence-electron chi connectivity index (χ3n) is 4.18. The number of halogens is 1. The lowest BCUT2D eigenvalue weighted by molar-refractivity contribution is -0.136. The van der Waals surface area contributed by atoms with Gasteiger partial charge in [-0.1, -0.05) is 29.8 Å². The Morgan fingerprint density at radius 2 is 2.07 bits per heavy atom. The molecular formula is C18H21ClN6O3. The number of rotatable bonds is 4. The molecule has 0 spiro atoms. The molecule has 1 aliphatic heterocycles. The smallest absolute Gasteiger partial charge is 0.314 e. The maximum Gasteiger partial charge on any atom is 0.314 e. The van der Waals surface area contributed by atoms with Crippen molar-refractivity contribution in [3.63, 3.8) is 0 Å². The molecule has 3 rings (SSSR count). The van der Waals surface area contributed by atoms with Crippen molar-refractivity contribution in [1.82, 2.24) is 25.7 Å². The van der Waals surface area contributed by atoms with Crippen LogP contribution in [0.15, 0.2) is 30.3 Å². The molecule has 0 bridgehead atoms. The molecule has 0 radical (unpaired) electrons. The van der Waals surface area contributed by atoms with Crippen molar-refractivity contribution in [3.8, 4) is 0 Å². The summed E-state index contributed by atoms with van der Waals surface area (Å²) < 4.78 is 1.43. The number of anilines is 1. The predicted molar refractivity (Wildman–Crippen MR) is 103 cm³/mol. The quantitative estimate of drug-likeness (QED) is 0.568. The van der Waals surface area contributed by atoms with E-state index >= 15 is 0 Å². The maximum absolute atomic E-state index is 12.3. The summed E-state index contributed by atoms with van der Waals surface area (Å²) in [5.74, 6) is -1.48. The largest absolute Gasteiger partial charge is 0.344 e. The molecule has 1 aliphatic rings. The molecule has 2 heterocycles. The zero-order valence-corrected chi connectivity index (χ0v) is 16.2. The summed E-state index contributed by atoms with van der Waals surface area (Å²) in [6.07, 6.45) is -0.269. The zero-order valence-electron chi connectivity index (χ0n) is 15.5. The lowest BCUT2D eigenvalue weighted by Crippen LogP contribution is -2.52. The van der Waals surface area contributed by atoms with Gasteiger partial charge in [-0.2, -0.15) is 5.10 Å². The first kappa shape index (κ1) is 19.8. The van der Waals surface area contributed by atoms with Crippen LogP contribution in [0.4, 0.5) is 5.82 Å². The Labute approximate surface area is 166 Å². The van der Waals surface area contributed by atoms with Gasteiger partial charge in [-0.15, -0.1) is 0 Å². The van der Waals surface area contributed by atoms with Crippen LogP contribution >= 0.6 is 11.6 Å². The third kappa shape index (κ3) is 4.68. The van der Waals surface area contributed by atoms with Gasteiger partial charge < -0.3 is 16.0 Å². The Morgan fingerprint density at radius 1 is 1.32 bits per heavy atom. The summed E-state index contributed by atoms with van der Waals surface area (Å²) in [6, 6.07) is 8.61. The van der Waals surface area contributed by atoms with Crippen molar-refractivity contribution in [2.75, 3.05) is 5.32 Å². The maximum atomic E-state index is 12.3. The Bertz CT molecular complexity index is 912. The van der Waals surface area contributed by atoms with Crippen LogP contribution in [-0.4, -0.2) is 33.5 Å². The van der Waals surface area contributed by atoms with Gasteiger partial charge in [0, 0.05) is 30.1 Å². The SMILES string of the molecule is Cc1cc(NC(=O)C(=O)NCc2ccccc2Cl)n(C2NC(=O)CC(C)N2)n1. The molecule has 1 saturated heterocycles. The Morgan fingerprint density at radius 3 is 2.79 bits per heavy atom. The number of hydrogen-bond acceptors (Lipinski definition) is 5. The Balaban J connectivity index is 1.66. The summed E-state index contributed by atoms with van der Waals surface area (Å²) >= 11 is 6.05. The van der Waals surface area contributed by atoms with Gasteiger partial charge in [0.2, 0.25) is 5.91 Å². The number of carbonyl (C=O) groups is 3. The van der Waals surface area contributed by atoms with Crippen LogP contribution < -0.4 is 21.3 Å². The highest BCUT2D eigenvalue weighted by Crippen LogP contribution is 2.17. The number of aromatic nitrogens is 2. The van der Waals surface area contributed by atoms with Gasteiger partial charge in [-0.05, 0) is 25.5 Å². The molecule has 1 fully saturated rings. The van der Waals surface area contributed by atoms with Crippen molar-refractivity contribution < 1.29 is 14.4 Å². The van der Waals surface area contributed by atoms with E-state index in [1.165, 1.54) is 4.68 Å². The van der Waals surface area contributed by atoms with Gasteiger partial charge in [-0.3, -0.25) is 19.7 Å². The van der Waals surface area contributed by atoms with Gasteiger partial charge in [-0.25, -0.2) is 4.68 Å². The van der Waals surface area contributed by atoms with Gasteiger partial charge in [0.25, 0.3) is 0 Å². The van der Waals surface area contributed by atoms with Crippen molar-refractivity contribution in [3.05, 3.63) is 46.6 Å². The fraction of sp³-hybridized carbons (Fsp3) is 0.333. The molecule has 3 amide bonds. The van der Waals surface area contributed by atoms with E-state index in [1.54, 1.807) is 37.3 Å². The monoisotopic (exact) mass is 404 g/mol. The number of nitrogens with zero attached hydrogens (tertiary/aromatic N) is 2. The highest BCUT2D eigenvalue weighted by Gasteiger charge is 2.27. The lowest BCUT2D eigenvalue weighted by atomic mass is 10.2. The van der Waals surface area contributed by atoms with Crippen molar-refractivity contribution in [1.29, 1.82) is 0 Å². The van der Waals surface area contributed by atoms with Crippen LogP contribution in [-0.2, 0) is 20.9 Å². The van der Waals surface area contributed by atoms with Crippen LogP contribution in [0.5, 0.6) is 0 Å². The normalized spacial score (nSPS) is 19.0. The van der Waals surface area contributed by atoms with E-state index in [-0.39, 0.29) is 18.5 Å². The first-order valence-corrected chi connectivity index (χ1v) is 9.15. The number of aryl methyl sites for hydroxylation is 1. The van der Waals surface area contributed by atoms with E-state index in [0.717, 1.165) is 0 Å². The van der Waals surface area contributed by atoms with E-state index in [4.69, 9.17) is 11.6 Å². The second-order valence-electron chi connectivity index (χ2n) is 6.59. The van der Waals surface area contributed by atoms with E-state index in [2.05, 4.69) is 26.4 Å². The number of nitrogens with one attached hydrogen (secondary N) is 4. The molecular weight excluding hydrogens is 384 g/mol. The summed E-state index contributed by atoms with van der Waals surface area (Å²) in [6.45, 7) is 3.75. The fourth-order valence-corrected chi connectivity index (χ4v) is 3.07. The molecule has 148 valence electrons. The highest BCUT2D eigenvalue weighted by molar-refractivity contribution is 6.39. The summed E-state index contributed by atoms with van der Waals surface area (Å²) in [4.78, 5) is 36.2. The molecule has 1 aromatic carbocycles. The highest BCUT2D eigenvalue weighted by atomic mass is 35.5. The number of benzene rings is 1. The molecule has 2 atom stereocenters. The van der Waals surface area contributed by atoms with Crippen molar-refractivity contribution in [2.24, 2.45) is 0 Å². The number of amides is 3. The van der Waals surface area contributed by atoms with Crippen LogP contribution in [0.1, 0.15) is 30.9 Å². The number of carbonyl (C=O) groups excluding carboxylic acids is 3. The average molecular weight is 405 g/mol. The Hall–Kier alpha value is -2.91.